The van der Waals surface area contributed by atoms with E-state index in [0.29, 0.717) is 30.7 Å². The van der Waals surface area contributed by atoms with Crippen LogP contribution in [0.3, 0.4) is 0 Å². The van der Waals surface area contributed by atoms with Crippen molar-refractivity contribution >= 4 is 21.6 Å². The van der Waals surface area contributed by atoms with Crippen molar-refractivity contribution in [1.29, 1.82) is 0 Å². The van der Waals surface area contributed by atoms with Gasteiger partial charge in [0, 0.05) is 25.3 Å². The molecule has 0 radical (unpaired) electrons. The Hall–Kier alpha value is -1.67. The van der Waals surface area contributed by atoms with Crippen molar-refractivity contribution in [3.05, 3.63) is 18.3 Å². The Balaban J connectivity index is 1.97. The maximum Gasteiger partial charge on any atom is 0.244 e. The molecule has 8 heteroatoms. The molecule has 1 fully saturated rings. The fraction of sp³-hybridized carbons (Fsp3) is 0.600. The maximum atomic E-state index is 12.7. The standard InChI is InChI=1S/C15H23N5O2S/c1-3-19(4-2)23(21,22)13-9-10-14-17-18-15(20(14)11-13)16-12-7-5-6-8-12/h9-12H,3-8H2,1-2H3,(H,16,18). The smallest absolute Gasteiger partial charge is 0.244 e. The second-order valence-corrected chi connectivity index (χ2v) is 7.77. The van der Waals surface area contributed by atoms with Crippen molar-refractivity contribution in [3.8, 4) is 0 Å². The van der Waals surface area contributed by atoms with Gasteiger partial charge in [0.2, 0.25) is 16.0 Å². The van der Waals surface area contributed by atoms with Gasteiger partial charge in [-0.1, -0.05) is 26.7 Å². The highest BCUT2D eigenvalue weighted by atomic mass is 32.2. The Morgan fingerprint density at radius 3 is 2.57 bits per heavy atom. The average molecular weight is 337 g/mol. The number of sulfonamides is 1. The van der Waals surface area contributed by atoms with Crippen molar-refractivity contribution in [1.82, 2.24) is 18.9 Å². The quantitative estimate of drug-likeness (QED) is 0.873. The van der Waals surface area contributed by atoms with Crippen molar-refractivity contribution in [2.45, 2.75) is 50.5 Å². The van der Waals surface area contributed by atoms with E-state index < -0.39 is 10.0 Å². The molecule has 2 aromatic rings. The maximum absolute atomic E-state index is 12.7. The van der Waals surface area contributed by atoms with Crippen molar-refractivity contribution in [2.75, 3.05) is 18.4 Å². The zero-order valence-electron chi connectivity index (χ0n) is 13.6. The zero-order chi connectivity index (χ0) is 16.4. The Bertz CT molecular complexity index is 776. The molecule has 23 heavy (non-hydrogen) atoms. The summed E-state index contributed by atoms with van der Waals surface area (Å²) in [7, 11) is -3.49. The SMILES string of the molecule is CCN(CC)S(=O)(=O)c1ccc2nnc(NC3CCCC3)n2c1. The van der Waals surface area contributed by atoms with Gasteiger partial charge in [0.15, 0.2) is 5.65 Å². The first-order chi connectivity index (χ1) is 11.1. The van der Waals surface area contributed by atoms with Crippen LogP contribution in [0, 0.1) is 0 Å². The van der Waals surface area contributed by atoms with Crippen molar-refractivity contribution < 1.29 is 8.42 Å². The molecule has 7 nitrogen and oxygen atoms in total. The van der Waals surface area contributed by atoms with Crippen LogP contribution in [0.5, 0.6) is 0 Å². The summed E-state index contributed by atoms with van der Waals surface area (Å²) < 4.78 is 28.5. The van der Waals surface area contributed by atoms with Crippen molar-refractivity contribution in [2.24, 2.45) is 0 Å². The molecule has 3 rings (SSSR count). The minimum atomic E-state index is -3.49. The predicted octanol–water partition coefficient (Wildman–Crippen LogP) is 2.11. The molecule has 0 unspecified atom stereocenters. The third-order valence-corrected chi connectivity index (χ3v) is 6.44. The highest BCUT2D eigenvalue weighted by molar-refractivity contribution is 7.89. The van der Waals surface area contributed by atoms with Gasteiger partial charge in [-0.2, -0.15) is 4.31 Å². The molecule has 0 amide bonds. The molecule has 126 valence electrons. The van der Waals surface area contributed by atoms with Crippen molar-refractivity contribution in [3.63, 3.8) is 0 Å². The minimum Gasteiger partial charge on any atom is -0.351 e. The van der Waals surface area contributed by atoms with Gasteiger partial charge in [0.25, 0.3) is 0 Å². The summed E-state index contributed by atoms with van der Waals surface area (Å²) in [4.78, 5) is 0.267. The van der Waals surface area contributed by atoms with Gasteiger partial charge < -0.3 is 5.32 Å². The van der Waals surface area contributed by atoms with E-state index in [1.165, 1.54) is 17.1 Å². The van der Waals surface area contributed by atoms with E-state index in [2.05, 4.69) is 15.5 Å². The van der Waals surface area contributed by atoms with E-state index in [0.717, 1.165) is 12.8 Å². The monoisotopic (exact) mass is 337 g/mol. The lowest BCUT2D eigenvalue weighted by molar-refractivity contribution is 0.445. The van der Waals surface area contributed by atoms with Crippen LogP contribution < -0.4 is 5.32 Å². The molecule has 1 aliphatic rings. The number of hydrogen-bond acceptors (Lipinski definition) is 5. The second-order valence-electron chi connectivity index (χ2n) is 5.83. The Morgan fingerprint density at radius 2 is 1.91 bits per heavy atom. The molecule has 1 saturated carbocycles. The summed E-state index contributed by atoms with van der Waals surface area (Å²) in [5.74, 6) is 0.614. The first-order valence-electron chi connectivity index (χ1n) is 8.17. The number of rotatable bonds is 6. The van der Waals surface area contributed by atoms with Gasteiger partial charge in [-0.3, -0.25) is 4.40 Å². The molecule has 0 bridgehead atoms. The lowest BCUT2D eigenvalue weighted by Gasteiger charge is -2.18. The molecule has 1 N–H and O–H groups in total. The number of aromatic nitrogens is 3. The van der Waals surface area contributed by atoms with E-state index in [1.54, 1.807) is 22.7 Å². The van der Waals surface area contributed by atoms with Crippen LogP contribution in [0.2, 0.25) is 0 Å². The predicted molar refractivity (Wildman–Crippen MR) is 89.0 cm³/mol. The lowest BCUT2D eigenvalue weighted by Crippen LogP contribution is -2.30. The van der Waals surface area contributed by atoms with Crippen LogP contribution in [-0.2, 0) is 10.0 Å². The van der Waals surface area contributed by atoms with E-state index in [9.17, 15) is 8.42 Å². The summed E-state index contributed by atoms with van der Waals surface area (Å²) >= 11 is 0. The zero-order valence-corrected chi connectivity index (χ0v) is 14.4. The van der Waals surface area contributed by atoms with Crippen LogP contribution in [0.15, 0.2) is 23.2 Å². The van der Waals surface area contributed by atoms with Crippen LogP contribution in [0.1, 0.15) is 39.5 Å². The summed E-state index contributed by atoms with van der Waals surface area (Å²) in [6.07, 6.45) is 6.28. The molecule has 2 aromatic heterocycles. The molecule has 1 aliphatic carbocycles. The van der Waals surface area contributed by atoms with E-state index in [-0.39, 0.29) is 4.90 Å². The van der Waals surface area contributed by atoms with Gasteiger partial charge >= 0.3 is 0 Å². The Labute approximate surface area is 136 Å². The number of fused-ring (bicyclic) bond motifs is 1. The fourth-order valence-electron chi connectivity index (χ4n) is 3.09. The summed E-state index contributed by atoms with van der Waals surface area (Å²) in [5, 5.41) is 11.7. The highest BCUT2D eigenvalue weighted by Gasteiger charge is 2.23. The number of pyridine rings is 1. The Morgan fingerprint density at radius 1 is 1.22 bits per heavy atom. The normalized spacial score (nSPS) is 16.5. The fourth-order valence-corrected chi connectivity index (χ4v) is 4.54. The number of anilines is 1. The molecule has 0 saturated heterocycles. The van der Waals surface area contributed by atoms with E-state index >= 15 is 0 Å². The molecular weight excluding hydrogens is 314 g/mol. The molecule has 0 atom stereocenters. The van der Waals surface area contributed by atoms with Gasteiger partial charge in [-0.15, -0.1) is 10.2 Å². The number of hydrogen-bond donors (Lipinski definition) is 1. The molecule has 0 aliphatic heterocycles. The highest BCUT2D eigenvalue weighted by Crippen LogP contribution is 2.23. The van der Waals surface area contributed by atoms with Gasteiger partial charge in [0.05, 0.1) is 4.90 Å². The molecule has 0 spiro atoms. The van der Waals surface area contributed by atoms with Crippen LogP contribution in [-0.4, -0.2) is 46.5 Å². The minimum absolute atomic E-state index is 0.267. The van der Waals surface area contributed by atoms with E-state index in [4.69, 9.17) is 0 Å². The average Bonchev–Trinajstić information content (AvgIpc) is 3.18. The summed E-state index contributed by atoms with van der Waals surface area (Å²) in [5.41, 5.74) is 0.643. The second kappa shape index (κ2) is 6.45. The summed E-state index contributed by atoms with van der Waals surface area (Å²) in [6.45, 7) is 4.58. The van der Waals surface area contributed by atoms with Gasteiger partial charge in [-0.05, 0) is 25.0 Å². The number of nitrogens with one attached hydrogen (secondary N) is 1. The molecule has 0 aromatic carbocycles. The topological polar surface area (TPSA) is 79.6 Å². The first kappa shape index (κ1) is 16.2. The third-order valence-electron chi connectivity index (χ3n) is 4.41. The largest absolute Gasteiger partial charge is 0.351 e. The third kappa shape index (κ3) is 3.05. The Kier molecular flexibility index (Phi) is 4.54. The first-order valence-corrected chi connectivity index (χ1v) is 9.61. The van der Waals surface area contributed by atoms with E-state index in [1.807, 2.05) is 13.8 Å². The molecular formula is C15H23N5O2S. The van der Waals surface area contributed by atoms with Crippen LogP contribution in [0.4, 0.5) is 5.95 Å². The van der Waals surface area contributed by atoms with Gasteiger partial charge in [0.1, 0.15) is 0 Å². The van der Waals surface area contributed by atoms with Crippen LogP contribution in [0.25, 0.3) is 5.65 Å². The molecule has 2 heterocycles. The van der Waals surface area contributed by atoms with Gasteiger partial charge in [-0.25, -0.2) is 8.42 Å². The summed E-state index contributed by atoms with van der Waals surface area (Å²) in [6, 6.07) is 3.69. The lowest BCUT2D eigenvalue weighted by atomic mass is 10.2. The number of nitrogens with zero attached hydrogens (tertiary/aromatic N) is 4. The van der Waals surface area contributed by atoms with Crippen LogP contribution >= 0.6 is 0 Å².